The lowest BCUT2D eigenvalue weighted by Crippen LogP contribution is -2.44. The zero-order valence-electron chi connectivity index (χ0n) is 19.6. The molecule has 1 atom stereocenters. The van der Waals surface area contributed by atoms with Gasteiger partial charge >= 0.3 is 0 Å². The molecular weight excluding hydrogens is 414 g/mol. The average molecular weight is 450 g/mol. The molecule has 176 valence electrons. The van der Waals surface area contributed by atoms with Crippen molar-refractivity contribution in [1.82, 2.24) is 16.0 Å². The molecule has 3 aromatic rings. The fourth-order valence-corrected chi connectivity index (χ4v) is 4.02. The second-order valence-corrected chi connectivity index (χ2v) is 8.16. The van der Waals surface area contributed by atoms with Gasteiger partial charge < -0.3 is 20.5 Å². The summed E-state index contributed by atoms with van der Waals surface area (Å²) in [4.78, 5) is 12.1. The average Bonchev–Trinajstić information content (AvgIpc) is 2.83. The Bertz CT molecular complexity index is 1040. The van der Waals surface area contributed by atoms with Crippen molar-refractivity contribution in [2.45, 2.75) is 39.5 Å². The number of fused-ring (bicyclic) bond motifs is 2. The lowest BCUT2D eigenvalue weighted by atomic mass is 9.91. The van der Waals surface area contributed by atoms with Gasteiger partial charge in [0.2, 0.25) is 5.91 Å². The molecule has 0 saturated heterocycles. The summed E-state index contributed by atoms with van der Waals surface area (Å²) in [7, 11) is 0. The summed E-state index contributed by atoms with van der Waals surface area (Å²) in [5, 5.41) is 23.7. The van der Waals surface area contributed by atoms with E-state index in [1.165, 1.54) is 32.7 Å². The molecule has 0 aromatic heterocycles. The predicted molar refractivity (Wildman–Crippen MR) is 135 cm³/mol. The first-order valence-corrected chi connectivity index (χ1v) is 11.6. The molecular formula is C27H35N3O3. The molecule has 0 aliphatic heterocycles. The van der Waals surface area contributed by atoms with Crippen molar-refractivity contribution in [3.63, 3.8) is 0 Å². The van der Waals surface area contributed by atoms with E-state index in [4.69, 9.17) is 9.84 Å². The minimum absolute atomic E-state index is 0.0422. The monoisotopic (exact) mass is 449 g/mol. The number of aliphatic hydroxyl groups excluding tert-OH is 1. The zero-order valence-corrected chi connectivity index (χ0v) is 19.6. The first-order chi connectivity index (χ1) is 16.1. The number of benzene rings is 3. The molecule has 0 radical (unpaired) electrons. The molecule has 0 spiro atoms. The standard InChI is InChI=1S/C27H35N3O3/c1-4-26(30-27(32)19(2)3)29-18-25-22-11-7-5-9-20(22)24(17-28-13-15-33-16-14-31)21-10-6-8-12-23(21)25/h5-12,26,28-29,31H,2,4,13-18H2,1,3H3,(H,30,32). The van der Waals surface area contributed by atoms with E-state index in [9.17, 15) is 4.79 Å². The van der Waals surface area contributed by atoms with Gasteiger partial charge in [-0.05, 0) is 46.0 Å². The van der Waals surface area contributed by atoms with Gasteiger partial charge in [-0.15, -0.1) is 0 Å². The van der Waals surface area contributed by atoms with Crippen molar-refractivity contribution in [1.29, 1.82) is 0 Å². The quantitative estimate of drug-likeness (QED) is 0.139. The Morgan fingerprint density at radius 1 is 0.970 bits per heavy atom. The second kappa shape index (κ2) is 12.5. The molecule has 0 aliphatic carbocycles. The molecule has 0 heterocycles. The van der Waals surface area contributed by atoms with E-state index < -0.39 is 0 Å². The van der Waals surface area contributed by atoms with Crippen molar-refractivity contribution >= 4 is 27.5 Å². The minimum atomic E-state index is -0.132. The van der Waals surface area contributed by atoms with Crippen LogP contribution in [0.15, 0.2) is 60.7 Å². The van der Waals surface area contributed by atoms with Gasteiger partial charge in [0.25, 0.3) is 0 Å². The van der Waals surface area contributed by atoms with Crippen LogP contribution in [-0.4, -0.2) is 43.5 Å². The van der Waals surface area contributed by atoms with Crippen molar-refractivity contribution in [3.05, 3.63) is 71.8 Å². The van der Waals surface area contributed by atoms with E-state index in [1.807, 2.05) is 6.92 Å². The number of amides is 1. The van der Waals surface area contributed by atoms with Crippen LogP contribution >= 0.6 is 0 Å². The maximum Gasteiger partial charge on any atom is 0.247 e. The van der Waals surface area contributed by atoms with E-state index in [-0.39, 0.29) is 18.7 Å². The molecule has 0 saturated carbocycles. The fourth-order valence-electron chi connectivity index (χ4n) is 4.02. The van der Waals surface area contributed by atoms with Gasteiger partial charge in [-0.1, -0.05) is 62.0 Å². The van der Waals surface area contributed by atoms with E-state index in [0.717, 1.165) is 13.0 Å². The SMILES string of the molecule is C=C(C)C(=O)NC(CC)NCc1c2ccccc2c(CNCCOCCO)c2ccccc12. The molecule has 6 heteroatoms. The zero-order chi connectivity index (χ0) is 23.6. The second-order valence-electron chi connectivity index (χ2n) is 8.16. The topological polar surface area (TPSA) is 82.6 Å². The lowest BCUT2D eigenvalue weighted by Gasteiger charge is -2.22. The highest BCUT2D eigenvalue weighted by molar-refractivity contribution is 6.05. The summed E-state index contributed by atoms with van der Waals surface area (Å²) in [5.41, 5.74) is 2.98. The smallest absolute Gasteiger partial charge is 0.247 e. The van der Waals surface area contributed by atoms with E-state index in [2.05, 4.69) is 71.1 Å². The molecule has 0 bridgehead atoms. The normalized spacial score (nSPS) is 12.2. The summed E-state index contributed by atoms with van der Waals surface area (Å²) < 4.78 is 5.37. The fraction of sp³-hybridized carbons (Fsp3) is 0.370. The third-order valence-electron chi connectivity index (χ3n) is 5.74. The molecule has 4 N–H and O–H groups in total. The van der Waals surface area contributed by atoms with Crippen LogP contribution in [0.3, 0.4) is 0 Å². The van der Waals surface area contributed by atoms with Crippen LogP contribution in [0.2, 0.25) is 0 Å². The van der Waals surface area contributed by atoms with Gasteiger partial charge in [0, 0.05) is 25.2 Å². The molecule has 1 amide bonds. The third kappa shape index (κ3) is 6.39. The van der Waals surface area contributed by atoms with Crippen LogP contribution in [0.1, 0.15) is 31.4 Å². The Hall–Kier alpha value is -2.77. The molecule has 0 fully saturated rings. The molecule has 3 aromatic carbocycles. The van der Waals surface area contributed by atoms with Gasteiger partial charge in [-0.25, -0.2) is 0 Å². The number of aliphatic hydroxyl groups is 1. The Morgan fingerprint density at radius 3 is 2.00 bits per heavy atom. The highest BCUT2D eigenvalue weighted by Crippen LogP contribution is 2.33. The maximum absolute atomic E-state index is 12.1. The summed E-state index contributed by atoms with van der Waals surface area (Å²) in [5.74, 6) is -0.131. The van der Waals surface area contributed by atoms with Crippen LogP contribution in [-0.2, 0) is 22.6 Å². The number of rotatable bonds is 13. The Morgan fingerprint density at radius 2 is 1.52 bits per heavy atom. The molecule has 6 nitrogen and oxygen atoms in total. The highest BCUT2D eigenvalue weighted by Gasteiger charge is 2.15. The molecule has 1 unspecified atom stereocenters. The van der Waals surface area contributed by atoms with Crippen molar-refractivity contribution < 1.29 is 14.6 Å². The maximum atomic E-state index is 12.1. The highest BCUT2D eigenvalue weighted by atomic mass is 16.5. The molecule has 0 aliphatic rings. The van der Waals surface area contributed by atoms with Crippen molar-refractivity contribution in [3.8, 4) is 0 Å². The van der Waals surface area contributed by atoms with Crippen LogP contribution in [0.5, 0.6) is 0 Å². The van der Waals surface area contributed by atoms with E-state index >= 15 is 0 Å². The third-order valence-corrected chi connectivity index (χ3v) is 5.74. The Labute approximate surface area is 196 Å². The number of carbonyl (C=O) groups is 1. The van der Waals surface area contributed by atoms with E-state index in [0.29, 0.717) is 31.9 Å². The van der Waals surface area contributed by atoms with Gasteiger partial charge in [0.1, 0.15) is 0 Å². The van der Waals surface area contributed by atoms with Crippen LogP contribution in [0.4, 0.5) is 0 Å². The lowest BCUT2D eigenvalue weighted by molar-refractivity contribution is -0.118. The number of nitrogens with one attached hydrogen (secondary N) is 3. The number of ether oxygens (including phenoxy) is 1. The van der Waals surface area contributed by atoms with Gasteiger partial charge in [-0.3, -0.25) is 10.1 Å². The Kier molecular flexibility index (Phi) is 9.39. The first-order valence-electron chi connectivity index (χ1n) is 11.6. The largest absolute Gasteiger partial charge is 0.394 e. The summed E-state index contributed by atoms with van der Waals surface area (Å²) in [6, 6.07) is 17.0. The molecule has 3 rings (SSSR count). The van der Waals surface area contributed by atoms with Crippen molar-refractivity contribution in [2.75, 3.05) is 26.4 Å². The first kappa shape index (κ1) is 24.9. The van der Waals surface area contributed by atoms with Gasteiger partial charge in [0.05, 0.1) is 26.0 Å². The number of carbonyl (C=O) groups excluding carboxylic acids is 1. The molecule has 33 heavy (non-hydrogen) atoms. The Balaban J connectivity index is 1.89. The summed E-state index contributed by atoms with van der Waals surface area (Å²) in [6.45, 7) is 10.5. The summed E-state index contributed by atoms with van der Waals surface area (Å²) in [6.07, 6.45) is 0.641. The predicted octanol–water partition coefficient (Wildman–Crippen LogP) is 3.61. The van der Waals surface area contributed by atoms with Crippen LogP contribution < -0.4 is 16.0 Å². The van der Waals surface area contributed by atoms with Crippen LogP contribution in [0, 0.1) is 0 Å². The van der Waals surface area contributed by atoms with Crippen molar-refractivity contribution in [2.24, 2.45) is 0 Å². The van der Waals surface area contributed by atoms with Crippen LogP contribution in [0.25, 0.3) is 21.5 Å². The summed E-state index contributed by atoms with van der Waals surface area (Å²) >= 11 is 0. The number of hydrogen-bond donors (Lipinski definition) is 4. The van der Waals surface area contributed by atoms with Gasteiger partial charge in [0.15, 0.2) is 0 Å². The van der Waals surface area contributed by atoms with Gasteiger partial charge in [-0.2, -0.15) is 0 Å². The van der Waals surface area contributed by atoms with E-state index in [1.54, 1.807) is 6.92 Å². The number of hydrogen-bond acceptors (Lipinski definition) is 5. The minimum Gasteiger partial charge on any atom is -0.394 e.